The van der Waals surface area contributed by atoms with E-state index in [4.69, 9.17) is 0 Å². The monoisotopic (exact) mass is 239 g/mol. The number of pyridine rings is 1. The highest BCUT2D eigenvalue weighted by Gasteiger charge is 2.05. The number of hydrogen-bond acceptors (Lipinski definition) is 3. The summed E-state index contributed by atoms with van der Waals surface area (Å²) in [6.45, 7) is 0.753. The van der Waals surface area contributed by atoms with Crippen LogP contribution in [0.2, 0.25) is 0 Å². The number of nitrogens with one attached hydrogen (secondary N) is 2. The second kappa shape index (κ2) is 4.75. The molecule has 90 valence electrons. The fourth-order valence-electron chi connectivity index (χ4n) is 1.78. The van der Waals surface area contributed by atoms with E-state index in [0.29, 0.717) is 0 Å². The van der Waals surface area contributed by atoms with Crippen molar-refractivity contribution in [3.8, 4) is 5.82 Å². The third kappa shape index (κ3) is 2.10. The average molecular weight is 239 g/mol. The van der Waals surface area contributed by atoms with Gasteiger partial charge in [0, 0.05) is 37.5 Å². The Morgan fingerprint density at radius 3 is 3.00 bits per heavy atom. The van der Waals surface area contributed by atoms with Crippen molar-refractivity contribution in [2.24, 2.45) is 0 Å². The lowest BCUT2D eigenvalue weighted by atomic mass is 10.3. The van der Waals surface area contributed by atoms with Crippen LogP contribution in [0.3, 0.4) is 0 Å². The molecule has 18 heavy (non-hydrogen) atoms. The van der Waals surface area contributed by atoms with Crippen molar-refractivity contribution in [3.05, 3.63) is 60.8 Å². The van der Waals surface area contributed by atoms with Crippen molar-refractivity contribution in [2.75, 3.05) is 5.32 Å². The van der Waals surface area contributed by atoms with Crippen LogP contribution < -0.4 is 5.32 Å². The molecule has 0 aliphatic heterocycles. The van der Waals surface area contributed by atoms with Crippen molar-refractivity contribution >= 4 is 5.69 Å². The maximum atomic E-state index is 4.35. The van der Waals surface area contributed by atoms with Crippen LogP contribution in [0.4, 0.5) is 5.69 Å². The normalized spacial score (nSPS) is 10.4. The Balaban J connectivity index is 1.84. The maximum absolute atomic E-state index is 4.35. The summed E-state index contributed by atoms with van der Waals surface area (Å²) in [7, 11) is 0. The van der Waals surface area contributed by atoms with E-state index in [1.54, 1.807) is 17.1 Å². The third-order valence-corrected chi connectivity index (χ3v) is 2.65. The first-order valence-electron chi connectivity index (χ1n) is 5.74. The summed E-state index contributed by atoms with van der Waals surface area (Å²) in [5.41, 5.74) is 2.16. The zero-order valence-electron chi connectivity index (χ0n) is 9.74. The van der Waals surface area contributed by atoms with Crippen LogP contribution in [0.1, 0.15) is 5.56 Å². The van der Waals surface area contributed by atoms with E-state index in [-0.39, 0.29) is 0 Å². The minimum absolute atomic E-state index is 0.753. The topological polar surface area (TPSA) is 58.5 Å². The predicted molar refractivity (Wildman–Crippen MR) is 69.5 cm³/mol. The van der Waals surface area contributed by atoms with Gasteiger partial charge in [0.25, 0.3) is 0 Å². The van der Waals surface area contributed by atoms with E-state index in [1.165, 1.54) is 5.56 Å². The first kappa shape index (κ1) is 10.6. The molecule has 0 radical (unpaired) electrons. The number of hydrogen-bond donors (Lipinski definition) is 2. The Bertz CT molecular complexity index is 598. The Kier molecular flexibility index (Phi) is 2.79. The Labute approximate surface area is 104 Å². The average Bonchev–Trinajstić information content (AvgIpc) is 3.10. The third-order valence-electron chi connectivity index (χ3n) is 2.65. The molecule has 0 spiro atoms. The molecule has 0 aromatic carbocycles. The molecule has 0 unspecified atom stereocenters. The van der Waals surface area contributed by atoms with Crippen LogP contribution in [-0.2, 0) is 6.54 Å². The minimum atomic E-state index is 0.753. The van der Waals surface area contributed by atoms with Gasteiger partial charge in [-0.1, -0.05) is 0 Å². The second-order valence-electron chi connectivity index (χ2n) is 3.90. The molecule has 0 atom stereocenters. The van der Waals surface area contributed by atoms with Crippen LogP contribution in [0.15, 0.2) is 55.2 Å². The van der Waals surface area contributed by atoms with Crippen molar-refractivity contribution in [1.29, 1.82) is 0 Å². The zero-order chi connectivity index (χ0) is 12.2. The summed E-state index contributed by atoms with van der Waals surface area (Å²) in [6, 6.07) is 7.82. The first-order valence-corrected chi connectivity index (χ1v) is 5.74. The number of nitrogens with zero attached hydrogens (tertiary/aromatic N) is 3. The van der Waals surface area contributed by atoms with E-state index in [9.17, 15) is 0 Å². The van der Waals surface area contributed by atoms with Gasteiger partial charge in [0.1, 0.15) is 0 Å². The molecule has 3 heterocycles. The van der Waals surface area contributed by atoms with Crippen molar-refractivity contribution in [1.82, 2.24) is 19.7 Å². The van der Waals surface area contributed by atoms with Gasteiger partial charge in [0.05, 0.1) is 5.69 Å². The summed E-state index contributed by atoms with van der Waals surface area (Å²) < 4.78 is 1.75. The lowest BCUT2D eigenvalue weighted by Crippen LogP contribution is -2.06. The summed E-state index contributed by atoms with van der Waals surface area (Å²) in [5, 5.41) is 7.56. The SMILES string of the molecule is c1cnc(-n2cccn2)c(NCc2cc[nH]c2)c1. The molecule has 0 aliphatic rings. The summed E-state index contributed by atoms with van der Waals surface area (Å²) in [4.78, 5) is 7.39. The number of rotatable bonds is 4. The van der Waals surface area contributed by atoms with Gasteiger partial charge in [-0.2, -0.15) is 5.10 Å². The molecule has 0 saturated carbocycles. The lowest BCUT2D eigenvalue weighted by molar-refractivity contribution is 0.846. The Morgan fingerprint density at radius 1 is 1.22 bits per heavy atom. The van der Waals surface area contributed by atoms with Crippen molar-refractivity contribution in [3.63, 3.8) is 0 Å². The van der Waals surface area contributed by atoms with Gasteiger partial charge in [0.2, 0.25) is 0 Å². The molecule has 3 aromatic rings. The van der Waals surface area contributed by atoms with Crippen LogP contribution in [0.5, 0.6) is 0 Å². The van der Waals surface area contributed by atoms with Crippen LogP contribution in [-0.4, -0.2) is 19.7 Å². The number of aromatic nitrogens is 4. The zero-order valence-corrected chi connectivity index (χ0v) is 9.74. The molecule has 3 aromatic heterocycles. The van der Waals surface area contributed by atoms with Crippen LogP contribution in [0, 0.1) is 0 Å². The molecular weight excluding hydrogens is 226 g/mol. The van der Waals surface area contributed by atoms with E-state index in [0.717, 1.165) is 18.1 Å². The van der Waals surface area contributed by atoms with Crippen molar-refractivity contribution in [2.45, 2.75) is 6.54 Å². The minimum Gasteiger partial charge on any atom is -0.378 e. The number of aromatic amines is 1. The fourth-order valence-corrected chi connectivity index (χ4v) is 1.78. The molecule has 0 saturated heterocycles. The maximum Gasteiger partial charge on any atom is 0.176 e. The van der Waals surface area contributed by atoms with E-state index >= 15 is 0 Å². The molecule has 5 nitrogen and oxygen atoms in total. The lowest BCUT2D eigenvalue weighted by Gasteiger charge is -2.10. The highest BCUT2D eigenvalue weighted by atomic mass is 15.3. The number of anilines is 1. The molecule has 3 rings (SSSR count). The Hall–Kier alpha value is -2.56. The van der Waals surface area contributed by atoms with Crippen molar-refractivity contribution < 1.29 is 0 Å². The van der Waals surface area contributed by atoms with Crippen LogP contribution in [0.25, 0.3) is 5.82 Å². The van der Waals surface area contributed by atoms with Gasteiger partial charge in [-0.25, -0.2) is 9.67 Å². The van der Waals surface area contributed by atoms with E-state index in [1.807, 2.05) is 42.9 Å². The standard InChI is InChI=1S/C13H13N5/c1-3-12(16-10-11-4-7-14-9-11)13(15-5-1)18-8-2-6-17-18/h1-9,14,16H,10H2. The van der Waals surface area contributed by atoms with Gasteiger partial charge < -0.3 is 10.3 Å². The molecular formula is C13H13N5. The predicted octanol–water partition coefficient (Wildman–Crippen LogP) is 2.21. The summed E-state index contributed by atoms with van der Waals surface area (Å²) >= 11 is 0. The van der Waals surface area contributed by atoms with Crippen LogP contribution >= 0.6 is 0 Å². The van der Waals surface area contributed by atoms with Gasteiger partial charge in [0.15, 0.2) is 5.82 Å². The highest BCUT2D eigenvalue weighted by molar-refractivity contribution is 5.56. The largest absolute Gasteiger partial charge is 0.378 e. The van der Waals surface area contributed by atoms with Gasteiger partial charge >= 0.3 is 0 Å². The fraction of sp³-hybridized carbons (Fsp3) is 0.0769. The quantitative estimate of drug-likeness (QED) is 0.733. The molecule has 0 amide bonds. The molecule has 0 fully saturated rings. The molecule has 5 heteroatoms. The van der Waals surface area contributed by atoms with Gasteiger partial charge in [-0.15, -0.1) is 0 Å². The van der Waals surface area contributed by atoms with Gasteiger partial charge in [-0.05, 0) is 29.8 Å². The van der Waals surface area contributed by atoms with E-state index < -0.39 is 0 Å². The summed E-state index contributed by atoms with van der Waals surface area (Å²) in [5.74, 6) is 0.804. The second-order valence-corrected chi connectivity index (χ2v) is 3.90. The highest BCUT2D eigenvalue weighted by Crippen LogP contribution is 2.16. The first-order chi connectivity index (χ1) is 8.93. The van der Waals surface area contributed by atoms with E-state index in [2.05, 4.69) is 20.4 Å². The molecule has 2 N–H and O–H groups in total. The summed E-state index contributed by atoms with van der Waals surface area (Å²) in [6.07, 6.45) is 9.26. The Morgan fingerprint density at radius 2 is 2.22 bits per heavy atom. The smallest absolute Gasteiger partial charge is 0.176 e. The molecule has 0 bridgehead atoms. The van der Waals surface area contributed by atoms with Gasteiger partial charge in [-0.3, -0.25) is 0 Å². The number of H-pyrrole nitrogens is 1. The molecule has 0 aliphatic carbocycles.